The van der Waals surface area contributed by atoms with Gasteiger partial charge in [0.1, 0.15) is 6.10 Å². The third kappa shape index (κ3) is 16.7. The van der Waals surface area contributed by atoms with Crippen LogP contribution in [0.1, 0.15) is 176 Å². The molecule has 198 valence electrons. The fourth-order valence-electron chi connectivity index (χ4n) is 5.31. The molecule has 33 heavy (non-hydrogen) atoms. The second-order valence-electron chi connectivity index (χ2n) is 11.2. The van der Waals surface area contributed by atoms with Crippen LogP contribution in [0.25, 0.3) is 0 Å². The number of hydrogen-bond donors (Lipinski definition) is 0. The third-order valence-corrected chi connectivity index (χ3v) is 7.28. The van der Waals surface area contributed by atoms with Gasteiger partial charge in [0.15, 0.2) is 0 Å². The minimum atomic E-state index is -0.263. The molecule has 0 saturated heterocycles. The zero-order valence-electron chi connectivity index (χ0n) is 23.8. The van der Waals surface area contributed by atoms with Gasteiger partial charge in [0.25, 0.3) is 0 Å². The topological polar surface area (TPSA) is 26.3 Å². The van der Waals surface area contributed by atoms with Crippen LogP contribution in [0.3, 0.4) is 0 Å². The fourth-order valence-corrected chi connectivity index (χ4v) is 5.31. The number of unbranched alkanes of at least 4 members (excludes halogenated alkanes) is 12. The molecule has 0 N–H and O–H groups in total. The Morgan fingerprint density at radius 1 is 0.606 bits per heavy atom. The summed E-state index contributed by atoms with van der Waals surface area (Å²) in [5.74, 6) is 0.683. The summed E-state index contributed by atoms with van der Waals surface area (Å²) in [5.41, 5.74) is -0.263. The summed E-state index contributed by atoms with van der Waals surface area (Å²) < 4.78 is 6.44. The molecule has 0 aromatic carbocycles. The van der Waals surface area contributed by atoms with Gasteiger partial charge in [0.05, 0.1) is 5.41 Å². The summed E-state index contributed by atoms with van der Waals surface area (Å²) in [4.78, 5) is 13.9. The first-order valence-electron chi connectivity index (χ1n) is 15.2. The van der Waals surface area contributed by atoms with E-state index >= 15 is 0 Å². The molecule has 0 spiro atoms. The molecular weight excluding hydrogens is 404 g/mol. The first-order chi connectivity index (χ1) is 16.0. The number of ether oxygens (including phenoxy) is 1. The molecule has 2 atom stereocenters. The number of esters is 1. The van der Waals surface area contributed by atoms with Gasteiger partial charge in [-0.1, -0.05) is 131 Å². The first kappa shape index (κ1) is 32.5. The number of rotatable bonds is 24. The van der Waals surface area contributed by atoms with Crippen LogP contribution in [0.5, 0.6) is 0 Å². The van der Waals surface area contributed by atoms with Crippen molar-refractivity contribution in [3.8, 4) is 0 Å². The number of hydrogen-bond acceptors (Lipinski definition) is 2. The molecular formula is C31H62O2. The summed E-state index contributed by atoms with van der Waals surface area (Å²) in [6.45, 7) is 13.6. The Bertz CT molecular complexity index is 431. The molecule has 0 aliphatic heterocycles. The van der Waals surface area contributed by atoms with Crippen LogP contribution in [0, 0.1) is 11.3 Å². The van der Waals surface area contributed by atoms with Gasteiger partial charge in [-0.3, -0.25) is 4.79 Å². The average molecular weight is 467 g/mol. The highest BCUT2D eigenvalue weighted by Crippen LogP contribution is 2.40. The van der Waals surface area contributed by atoms with Gasteiger partial charge in [-0.15, -0.1) is 0 Å². The van der Waals surface area contributed by atoms with Crippen molar-refractivity contribution >= 4 is 5.97 Å². The van der Waals surface area contributed by atoms with Crippen molar-refractivity contribution in [2.75, 3.05) is 0 Å². The van der Waals surface area contributed by atoms with E-state index in [-0.39, 0.29) is 17.5 Å². The average Bonchev–Trinajstić information content (AvgIpc) is 2.78. The maximum atomic E-state index is 13.9. The summed E-state index contributed by atoms with van der Waals surface area (Å²) in [7, 11) is 0. The van der Waals surface area contributed by atoms with Gasteiger partial charge in [-0.2, -0.15) is 0 Å². The zero-order valence-corrected chi connectivity index (χ0v) is 23.8. The van der Waals surface area contributed by atoms with Crippen molar-refractivity contribution in [2.24, 2.45) is 11.3 Å². The van der Waals surface area contributed by atoms with Crippen LogP contribution in [0.4, 0.5) is 0 Å². The molecule has 2 unspecified atom stereocenters. The Kier molecular flexibility index (Phi) is 21.6. The van der Waals surface area contributed by atoms with Gasteiger partial charge in [0, 0.05) is 0 Å². The summed E-state index contributed by atoms with van der Waals surface area (Å²) >= 11 is 0. The molecule has 0 amide bonds. The van der Waals surface area contributed by atoms with Gasteiger partial charge in [-0.25, -0.2) is 0 Å². The largest absolute Gasteiger partial charge is 0.462 e. The van der Waals surface area contributed by atoms with E-state index in [4.69, 9.17) is 4.74 Å². The van der Waals surface area contributed by atoms with E-state index in [0.29, 0.717) is 5.92 Å². The zero-order chi connectivity index (χ0) is 24.8. The van der Waals surface area contributed by atoms with E-state index in [0.717, 1.165) is 32.1 Å². The fraction of sp³-hybridized carbons (Fsp3) is 0.968. The van der Waals surface area contributed by atoms with Crippen LogP contribution < -0.4 is 0 Å². The minimum Gasteiger partial charge on any atom is -0.462 e. The quantitative estimate of drug-likeness (QED) is 0.104. The first-order valence-corrected chi connectivity index (χ1v) is 15.2. The van der Waals surface area contributed by atoms with E-state index in [9.17, 15) is 4.79 Å². The standard InChI is InChI=1S/C31H62O2/c1-7-11-15-18-22-26-31(27-28(5)6,25-21-17-13-9-3)30(32)33-29(23-19-14-10-4)24-20-16-12-8-2/h28-29H,7-27H2,1-6H3. The summed E-state index contributed by atoms with van der Waals surface area (Å²) in [6.07, 6.45) is 25.2. The van der Waals surface area contributed by atoms with Gasteiger partial charge < -0.3 is 4.74 Å². The SMILES string of the molecule is CCCCCCCC(CCCCCC)(CC(C)C)C(=O)OC(CCCCC)CCCCCC. The molecule has 2 heteroatoms. The summed E-state index contributed by atoms with van der Waals surface area (Å²) in [5, 5.41) is 0. The molecule has 0 saturated carbocycles. The smallest absolute Gasteiger partial charge is 0.312 e. The number of carbonyl (C=O) groups excluding carboxylic acids is 1. The van der Waals surface area contributed by atoms with E-state index < -0.39 is 0 Å². The molecule has 0 rings (SSSR count). The molecule has 0 fully saturated rings. The van der Waals surface area contributed by atoms with Crippen molar-refractivity contribution in [3.63, 3.8) is 0 Å². The Morgan fingerprint density at radius 2 is 1.00 bits per heavy atom. The molecule has 0 aliphatic carbocycles. The lowest BCUT2D eigenvalue weighted by molar-refractivity contribution is -0.165. The van der Waals surface area contributed by atoms with Crippen LogP contribution in [-0.4, -0.2) is 12.1 Å². The Morgan fingerprint density at radius 3 is 1.48 bits per heavy atom. The maximum absolute atomic E-state index is 13.9. The van der Waals surface area contributed by atoms with Crippen molar-refractivity contribution in [1.29, 1.82) is 0 Å². The minimum absolute atomic E-state index is 0.128. The molecule has 0 bridgehead atoms. The van der Waals surface area contributed by atoms with E-state index in [2.05, 4.69) is 41.5 Å². The molecule has 0 aromatic rings. The lowest BCUT2D eigenvalue weighted by atomic mass is 9.72. The monoisotopic (exact) mass is 466 g/mol. The molecule has 0 aliphatic rings. The number of carbonyl (C=O) groups is 1. The molecule has 0 heterocycles. The normalized spacial score (nSPS) is 14.4. The van der Waals surface area contributed by atoms with E-state index in [1.807, 2.05) is 0 Å². The van der Waals surface area contributed by atoms with Crippen molar-refractivity contribution in [3.05, 3.63) is 0 Å². The maximum Gasteiger partial charge on any atom is 0.312 e. The van der Waals surface area contributed by atoms with E-state index in [1.54, 1.807) is 0 Å². The van der Waals surface area contributed by atoms with Gasteiger partial charge in [0.2, 0.25) is 0 Å². The van der Waals surface area contributed by atoms with Crippen LogP contribution in [0.15, 0.2) is 0 Å². The third-order valence-electron chi connectivity index (χ3n) is 7.28. The highest BCUT2D eigenvalue weighted by Gasteiger charge is 2.40. The van der Waals surface area contributed by atoms with Crippen molar-refractivity contribution in [2.45, 2.75) is 182 Å². The lowest BCUT2D eigenvalue weighted by Crippen LogP contribution is -2.37. The Hall–Kier alpha value is -0.530. The van der Waals surface area contributed by atoms with Crippen LogP contribution >= 0.6 is 0 Å². The van der Waals surface area contributed by atoms with Gasteiger partial charge >= 0.3 is 5.97 Å². The van der Waals surface area contributed by atoms with Crippen molar-refractivity contribution < 1.29 is 9.53 Å². The molecule has 0 aromatic heterocycles. The predicted molar refractivity (Wildman–Crippen MR) is 147 cm³/mol. The highest BCUT2D eigenvalue weighted by atomic mass is 16.5. The van der Waals surface area contributed by atoms with E-state index in [1.165, 1.54) is 103 Å². The summed E-state index contributed by atoms with van der Waals surface area (Å²) in [6, 6.07) is 0. The Balaban J connectivity index is 5.35. The lowest BCUT2D eigenvalue weighted by Gasteiger charge is -2.35. The molecule has 0 radical (unpaired) electrons. The Labute approximate surface area is 209 Å². The van der Waals surface area contributed by atoms with Crippen LogP contribution in [-0.2, 0) is 9.53 Å². The second kappa shape index (κ2) is 22.0. The predicted octanol–water partition coefficient (Wildman–Crippen LogP) is 10.8. The van der Waals surface area contributed by atoms with Gasteiger partial charge in [-0.05, 0) is 50.9 Å². The second-order valence-corrected chi connectivity index (χ2v) is 11.2. The van der Waals surface area contributed by atoms with Crippen LogP contribution in [0.2, 0.25) is 0 Å². The highest BCUT2D eigenvalue weighted by molar-refractivity contribution is 5.77. The van der Waals surface area contributed by atoms with Crippen molar-refractivity contribution in [1.82, 2.24) is 0 Å². The molecule has 2 nitrogen and oxygen atoms in total.